The average molecular weight is 372 g/mol. The summed E-state index contributed by atoms with van der Waals surface area (Å²) in [4.78, 5) is 17.2. The van der Waals surface area contributed by atoms with Crippen LogP contribution in [0.1, 0.15) is 32.7 Å². The summed E-state index contributed by atoms with van der Waals surface area (Å²) in [5.74, 6) is 0.358. The van der Waals surface area contributed by atoms with Crippen LogP contribution in [0.3, 0.4) is 0 Å². The van der Waals surface area contributed by atoms with E-state index in [1.165, 1.54) is 22.3 Å². The maximum absolute atomic E-state index is 12.8. The highest BCUT2D eigenvalue weighted by Crippen LogP contribution is 2.23. The van der Waals surface area contributed by atoms with Gasteiger partial charge in [-0.2, -0.15) is 0 Å². The molecule has 0 atom stereocenters. The van der Waals surface area contributed by atoms with E-state index < -0.39 is 0 Å². The first-order valence-corrected chi connectivity index (χ1v) is 9.47. The third kappa shape index (κ3) is 3.83. The number of nitrogen functional groups attached to an aromatic ring is 1. The minimum absolute atomic E-state index is 0.0873. The Morgan fingerprint density at radius 3 is 2.39 bits per heavy atom. The monoisotopic (exact) mass is 372 g/mol. The number of pyridine rings is 1. The quantitative estimate of drug-likeness (QED) is 0.648. The van der Waals surface area contributed by atoms with Crippen LogP contribution in [0.15, 0.2) is 54.6 Å². The van der Waals surface area contributed by atoms with Crippen LogP contribution in [0.25, 0.3) is 0 Å². The third-order valence-electron chi connectivity index (χ3n) is 5.25. The Bertz CT molecular complexity index is 1020. The molecule has 0 bridgehead atoms. The van der Waals surface area contributed by atoms with E-state index in [0.717, 1.165) is 18.5 Å². The average Bonchev–Trinajstić information content (AvgIpc) is 3.06. The Labute approximate surface area is 165 Å². The van der Waals surface area contributed by atoms with Gasteiger partial charge in [-0.3, -0.25) is 4.79 Å². The highest BCUT2D eigenvalue weighted by atomic mass is 16.1. The number of carbonyl (C=O) groups excluding carboxylic acids is 1. The second kappa shape index (κ2) is 7.35. The minimum atomic E-state index is -0.201. The molecule has 1 amide bonds. The van der Waals surface area contributed by atoms with Crippen LogP contribution < -0.4 is 16.4 Å². The Hall–Kier alpha value is -3.34. The maximum atomic E-state index is 12.8. The molecule has 1 aliphatic rings. The van der Waals surface area contributed by atoms with Gasteiger partial charge in [0.1, 0.15) is 11.5 Å². The molecule has 0 fully saturated rings. The van der Waals surface area contributed by atoms with Crippen LogP contribution in [0.2, 0.25) is 0 Å². The molecule has 4 N–H and O–H groups in total. The fourth-order valence-electron chi connectivity index (χ4n) is 3.62. The summed E-state index contributed by atoms with van der Waals surface area (Å²) in [7, 11) is 0. The summed E-state index contributed by atoms with van der Waals surface area (Å²) in [6.45, 7) is 4.13. The van der Waals surface area contributed by atoms with E-state index >= 15 is 0 Å². The van der Waals surface area contributed by atoms with Crippen LogP contribution in [0, 0.1) is 13.8 Å². The molecule has 3 aromatic rings. The predicted molar refractivity (Wildman–Crippen MR) is 113 cm³/mol. The maximum Gasteiger partial charge on any atom is 0.270 e. The normalized spacial score (nSPS) is 13.2. The molecule has 0 aliphatic heterocycles. The molecule has 0 radical (unpaired) electrons. The van der Waals surface area contributed by atoms with Crippen molar-refractivity contribution in [1.29, 1.82) is 0 Å². The van der Waals surface area contributed by atoms with E-state index in [4.69, 9.17) is 5.73 Å². The summed E-state index contributed by atoms with van der Waals surface area (Å²) in [5, 5.41) is 6.34. The molecule has 142 valence electrons. The van der Waals surface area contributed by atoms with Crippen molar-refractivity contribution in [2.75, 3.05) is 11.1 Å². The molecule has 5 heteroatoms. The van der Waals surface area contributed by atoms with E-state index in [-0.39, 0.29) is 11.9 Å². The first-order chi connectivity index (χ1) is 13.5. The molecule has 5 nitrogen and oxygen atoms in total. The molecule has 0 unspecified atom stereocenters. The van der Waals surface area contributed by atoms with Crippen LogP contribution in [-0.2, 0) is 12.8 Å². The van der Waals surface area contributed by atoms with Gasteiger partial charge in [-0.1, -0.05) is 30.3 Å². The van der Waals surface area contributed by atoms with E-state index in [0.29, 0.717) is 17.2 Å². The molecule has 4 rings (SSSR count). The number of rotatable bonds is 4. The van der Waals surface area contributed by atoms with Crippen molar-refractivity contribution in [3.8, 4) is 0 Å². The third-order valence-corrected chi connectivity index (χ3v) is 5.25. The summed E-state index contributed by atoms with van der Waals surface area (Å²) in [5.41, 5.74) is 12.8. The molecule has 0 saturated carbocycles. The number of amides is 1. The number of anilines is 3. The topological polar surface area (TPSA) is 80.0 Å². The van der Waals surface area contributed by atoms with Gasteiger partial charge in [0, 0.05) is 23.5 Å². The number of nitrogens with two attached hydrogens (primary N) is 1. The molecule has 28 heavy (non-hydrogen) atoms. The van der Waals surface area contributed by atoms with Crippen molar-refractivity contribution in [3.05, 3.63) is 82.5 Å². The Kier molecular flexibility index (Phi) is 4.74. The van der Waals surface area contributed by atoms with Crippen molar-refractivity contribution in [2.45, 2.75) is 32.7 Å². The van der Waals surface area contributed by atoms with Crippen molar-refractivity contribution in [3.63, 3.8) is 0 Å². The Balaban J connectivity index is 1.49. The zero-order chi connectivity index (χ0) is 19.7. The Morgan fingerprint density at radius 1 is 1.00 bits per heavy atom. The van der Waals surface area contributed by atoms with E-state index in [9.17, 15) is 4.79 Å². The molecule has 0 saturated heterocycles. The first-order valence-electron chi connectivity index (χ1n) is 9.47. The summed E-state index contributed by atoms with van der Waals surface area (Å²) in [6.07, 6.45) is 1.69. The lowest BCUT2D eigenvalue weighted by molar-refractivity contribution is 0.0933. The van der Waals surface area contributed by atoms with E-state index in [2.05, 4.69) is 53.7 Å². The molecule has 1 aromatic heterocycles. The molecular weight excluding hydrogens is 348 g/mol. The zero-order valence-corrected chi connectivity index (χ0v) is 16.1. The summed E-state index contributed by atoms with van der Waals surface area (Å²) in [6, 6.07) is 17.8. The highest BCUT2D eigenvalue weighted by Gasteiger charge is 2.23. The van der Waals surface area contributed by atoms with Crippen molar-refractivity contribution < 1.29 is 4.79 Å². The van der Waals surface area contributed by atoms with Crippen molar-refractivity contribution in [1.82, 2.24) is 10.3 Å². The van der Waals surface area contributed by atoms with Gasteiger partial charge in [0.2, 0.25) is 0 Å². The molecule has 2 aromatic carbocycles. The summed E-state index contributed by atoms with van der Waals surface area (Å²) < 4.78 is 0. The number of aryl methyl sites for hydroxylation is 2. The standard InChI is InChI=1S/C23H24N4O/c1-14-7-8-19(9-15(14)2)25-22-13-18(24)12-21(27-22)23(28)26-20-10-16-5-3-4-6-17(16)11-20/h3-9,12-13,20H,10-11H2,1-2H3,(H,26,28)(H3,24,25,27). The lowest BCUT2D eigenvalue weighted by atomic mass is 10.1. The number of carbonyl (C=O) groups is 1. The van der Waals surface area contributed by atoms with Crippen molar-refractivity contribution >= 4 is 23.1 Å². The van der Waals surface area contributed by atoms with Gasteiger partial charge in [-0.05, 0) is 67.1 Å². The van der Waals surface area contributed by atoms with Crippen LogP contribution >= 0.6 is 0 Å². The fraction of sp³-hybridized carbons (Fsp3) is 0.217. The lowest BCUT2D eigenvalue weighted by Gasteiger charge is -2.14. The van der Waals surface area contributed by atoms with E-state index in [1.54, 1.807) is 12.1 Å². The van der Waals surface area contributed by atoms with E-state index in [1.807, 2.05) is 18.2 Å². The van der Waals surface area contributed by atoms with Gasteiger partial charge in [0.05, 0.1) is 0 Å². The van der Waals surface area contributed by atoms with Crippen LogP contribution in [0.4, 0.5) is 17.2 Å². The predicted octanol–water partition coefficient (Wildman–Crippen LogP) is 3.92. The lowest BCUT2D eigenvalue weighted by Crippen LogP contribution is -2.35. The first kappa shape index (κ1) is 18.0. The van der Waals surface area contributed by atoms with Gasteiger partial charge < -0.3 is 16.4 Å². The number of aromatic nitrogens is 1. The number of nitrogens with one attached hydrogen (secondary N) is 2. The molecular formula is C23H24N4O. The van der Waals surface area contributed by atoms with Gasteiger partial charge in [-0.25, -0.2) is 4.98 Å². The smallest absolute Gasteiger partial charge is 0.270 e. The van der Waals surface area contributed by atoms with Crippen molar-refractivity contribution in [2.24, 2.45) is 0 Å². The van der Waals surface area contributed by atoms with Gasteiger partial charge in [0.15, 0.2) is 0 Å². The molecule has 0 spiro atoms. The second-order valence-corrected chi connectivity index (χ2v) is 7.44. The van der Waals surface area contributed by atoms with Gasteiger partial charge in [-0.15, -0.1) is 0 Å². The largest absolute Gasteiger partial charge is 0.399 e. The number of benzene rings is 2. The SMILES string of the molecule is Cc1ccc(Nc2cc(N)cc(C(=O)NC3Cc4ccccc4C3)n2)cc1C. The summed E-state index contributed by atoms with van der Waals surface area (Å²) >= 11 is 0. The zero-order valence-electron chi connectivity index (χ0n) is 16.1. The van der Waals surface area contributed by atoms with Gasteiger partial charge in [0.25, 0.3) is 5.91 Å². The number of hydrogen-bond acceptors (Lipinski definition) is 4. The second-order valence-electron chi connectivity index (χ2n) is 7.44. The number of hydrogen-bond donors (Lipinski definition) is 3. The van der Waals surface area contributed by atoms with Crippen LogP contribution in [-0.4, -0.2) is 16.9 Å². The number of fused-ring (bicyclic) bond motifs is 1. The fourth-order valence-corrected chi connectivity index (χ4v) is 3.62. The highest BCUT2D eigenvalue weighted by molar-refractivity contribution is 5.94. The number of nitrogens with zero attached hydrogens (tertiary/aromatic N) is 1. The Morgan fingerprint density at radius 2 is 1.71 bits per heavy atom. The van der Waals surface area contributed by atoms with Crippen LogP contribution in [0.5, 0.6) is 0 Å². The molecule has 1 aliphatic carbocycles. The molecule has 1 heterocycles. The van der Waals surface area contributed by atoms with Gasteiger partial charge >= 0.3 is 0 Å². The minimum Gasteiger partial charge on any atom is -0.399 e.